The number of hydrogen-bond donors (Lipinski definition) is 3. The van der Waals surface area contributed by atoms with E-state index >= 15 is 0 Å². The van der Waals surface area contributed by atoms with Gasteiger partial charge in [0.15, 0.2) is 5.75 Å². The van der Waals surface area contributed by atoms with Crippen LogP contribution in [0.25, 0.3) is 0 Å². The minimum atomic E-state index is -0.894. The first-order valence-corrected chi connectivity index (χ1v) is 6.31. The highest BCUT2D eigenvalue weighted by molar-refractivity contribution is 9.10. The molecule has 0 heterocycles. The van der Waals surface area contributed by atoms with E-state index in [1.807, 2.05) is 13.8 Å². The largest absolute Gasteiger partial charge is 0.505 e. The Morgan fingerprint density at radius 2 is 2.06 bits per heavy atom. The maximum atomic E-state index is 12.0. The molecule has 0 saturated carbocycles. The summed E-state index contributed by atoms with van der Waals surface area (Å²) in [6.45, 7) is 3.73. The van der Waals surface area contributed by atoms with Crippen LogP contribution < -0.4 is 11.1 Å². The normalized spacial score (nSPS) is 11.3. The number of carbonyl (C=O) groups is 1. The van der Waals surface area contributed by atoms with Crippen LogP contribution >= 0.6 is 15.9 Å². The maximum Gasteiger partial charge on any atom is 0.244 e. The minimum Gasteiger partial charge on any atom is -0.505 e. The van der Waals surface area contributed by atoms with Gasteiger partial charge in [-0.15, -0.1) is 0 Å². The molecule has 0 aliphatic carbocycles. The number of para-hydroxylation sites is 1. The van der Waals surface area contributed by atoms with Crippen LogP contribution in [0.15, 0.2) is 22.7 Å². The second-order valence-corrected chi connectivity index (χ2v) is 4.81. The molecule has 1 amide bonds. The summed E-state index contributed by atoms with van der Waals surface area (Å²) in [5.74, 6) is -0.272. The predicted molar refractivity (Wildman–Crippen MR) is 71.9 cm³/mol. The lowest BCUT2D eigenvalue weighted by atomic mass is 9.93. The van der Waals surface area contributed by atoms with E-state index in [2.05, 4.69) is 21.2 Å². The zero-order valence-corrected chi connectivity index (χ0v) is 11.5. The van der Waals surface area contributed by atoms with Crippen LogP contribution in [0.1, 0.15) is 26.7 Å². The zero-order chi connectivity index (χ0) is 13.1. The van der Waals surface area contributed by atoms with E-state index < -0.39 is 5.54 Å². The molecular formula is C12H17BrN2O2. The summed E-state index contributed by atoms with van der Waals surface area (Å²) in [6, 6.07) is 5.06. The van der Waals surface area contributed by atoms with Crippen molar-refractivity contribution in [3.8, 4) is 5.75 Å². The van der Waals surface area contributed by atoms with Gasteiger partial charge in [-0.05, 0) is 40.9 Å². The van der Waals surface area contributed by atoms with Gasteiger partial charge in [-0.2, -0.15) is 0 Å². The quantitative estimate of drug-likeness (QED) is 0.748. The lowest BCUT2D eigenvalue weighted by molar-refractivity contribution is -0.121. The summed E-state index contributed by atoms with van der Waals surface area (Å²) in [7, 11) is 0. The van der Waals surface area contributed by atoms with Crippen LogP contribution in [0.3, 0.4) is 0 Å². The van der Waals surface area contributed by atoms with Crippen LogP contribution in [0.4, 0.5) is 5.69 Å². The summed E-state index contributed by atoms with van der Waals surface area (Å²) in [5, 5.41) is 12.4. The SMILES string of the molecule is CCC(N)(CC)C(=O)Nc1cccc(Br)c1O. The van der Waals surface area contributed by atoms with Crippen molar-refractivity contribution in [2.75, 3.05) is 5.32 Å². The number of aromatic hydroxyl groups is 1. The Morgan fingerprint density at radius 3 is 2.59 bits per heavy atom. The first-order chi connectivity index (χ1) is 7.94. The molecule has 0 fully saturated rings. The minimum absolute atomic E-state index is 0.00964. The Morgan fingerprint density at radius 1 is 1.47 bits per heavy atom. The monoisotopic (exact) mass is 300 g/mol. The smallest absolute Gasteiger partial charge is 0.244 e. The summed E-state index contributed by atoms with van der Waals surface area (Å²) < 4.78 is 0.533. The number of rotatable bonds is 4. The molecular weight excluding hydrogens is 284 g/mol. The summed E-state index contributed by atoms with van der Waals surface area (Å²) in [6.07, 6.45) is 1.09. The van der Waals surface area contributed by atoms with Gasteiger partial charge in [-0.25, -0.2) is 0 Å². The Kier molecular flexibility index (Phi) is 4.54. The van der Waals surface area contributed by atoms with Gasteiger partial charge in [0.1, 0.15) is 0 Å². The van der Waals surface area contributed by atoms with Crippen molar-refractivity contribution in [2.24, 2.45) is 5.73 Å². The number of hydrogen-bond acceptors (Lipinski definition) is 3. The van der Waals surface area contributed by atoms with Gasteiger partial charge in [-0.1, -0.05) is 19.9 Å². The van der Waals surface area contributed by atoms with E-state index in [1.54, 1.807) is 18.2 Å². The Labute approximate surface area is 109 Å². The third-order valence-electron chi connectivity index (χ3n) is 2.95. The average molecular weight is 301 g/mol. The highest BCUT2D eigenvalue weighted by Gasteiger charge is 2.30. The number of phenols is 1. The molecule has 0 radical (unpaired) electrons. The third kappa shape index (κ3) is 2.98. The van der Waals surface area contributed by atoms with Gasteiger partial charge in [0.2, 0.25) is 5.91 Å². The highest BCUT2D eigenvalue weighted by Crippen LogP contribution is 2.32. The molecule has 0 saturated heterocycles. The predicted octanol–water partition coefficient (Wildman–Crippen LogP) is 2.61. The molecule has 1 aromatic carbocycles. The van der Waals surface area contributed by atoms with Gasteiger partial charge < -0.3 is 16.2 Å². The maximum absolute atomic E-state index is 12.0. The van der Waals surface area contributed by atoms with Crippen molar-refractivity contribution in [1.29, 1.82) is 0 Å². The van der Waals surface area contributed by atoms with Crippen molar-refractivity contribution in [2.45, 2.75) is 32.2 Å². The number of nitrogens with two attached hydrogens (primary N) is 1. The summed E-state index contributed by atoms with van der Waals surface area (Å²) in [4.78, 5) is 12.0. The topological polar surface area (TPSA) is 75.4 Å². The van der Waals surface area contributed by atoms with Gasteiger partial charge >= 0.3 is 0 Å². The molecule has 0 atom stereocenters. The number of carbonyl (C=O) groups excluding carboxylic acids is 1. The molecule has 17 heavy (non-hydrogen) atoms. The van der Waals surface area contributed by atoms with Crippen LogP contribution in [0.5, 0.6) is 5.75 Å². The first kappa shape index (κ1) is 14.0. The number of nitrogens with one attached hydrogen (secondary N) is 1. The molecule has 0 aliphatic rings. The number of halogens is 1. The van der Waals surface area contributed by atoms with Crippen molar-refractivity contribution >= 4 is 27.5 Å². The molecule has 1 rings (SSSR count). The summed E-state index contributed by atoms with van der Waals surface area (Å²) >= 11 is 3.19. The van der Waals surface area contributed by atoms with Crippen LogP contribution in [-0.4, -0.2) is 16.6 Å². The fourth-order valence-corrected chi connectivity index (χ4v) is 1.80. The van der Waals surface area contributed by atoms with Gasteiger partial charge in [0.05, 0.1) is 15.7 Å². The Balaban J connectivity index is 2.92. The molecule has 4 N–H and O–H groups in total. The van der Waals surface area contributed by atoms with Crippen LogP contribution in [0, 0.1) is 0 Å². The van der Waals surface area contributed by atoms with Gasteiger partial charge in [-0.3, -0.25) is 4.79 Å². The molecule has 0 aliphatic heterocycles. The van der Waals surface area contributed by atoms with E-state index in [-0.39, 0.29) is 11.7 Å². The standard InChI is InChI=1S/C12H17BrN2O2/c1-3-12(14,4-2)11(17)15-9-7-5-6-8(13)10(9)16/h5-7,16H,3-4,14H2,1-2H3,(H,15,17). The van der Waals surface area contributed by atoms with Crippen molar-refractivity contribution < 1.29 is 9.90 Å². The fourth-order valence-electron chi connectivity index (χ4n) is 1.43. The summed E-state index contributed by atoms with van der Waals surface area (Å²) in [5.41, 5.74) is 5.44. The second-order valence-electron chi connectivity index (χ2n) is 3.95. The lowest BCUT2D eigenvalue weighted by Gasteiger charge is -2.25. The van der Waals surface area contributed by atoms with Gasteiger partial charge in [0, 0.05) is 0 Å². The molecule has 0 aromatic heterocycles. The van der Waals surface area contributed by atoms with Crippen molar-refractivity contribution in [3.63, 3.8) is 0 Å². The number of anilines is 1. The van der Waals surface area contributed by atoms with Crippen LogP contribution in [-0.2, 0) is 4.79 Å². The van der Waals surface area contributed by atoms with E-state index in [0.29, 0.717) is 23.0 Å². The lowest BCUT2D eigenvalue weighted by Crippen LogP contribution is -2.50. The zero-order valence-electron chi connectivity index (χ0n) is 9.96. The molecule has 5 heteroatoms. The van der Waals surface area contributed by atoms with E-state index in [9.17, 15) is 9.90 Å². The van der Waals surface area contributed by atoms with E-state index in [4.69, 9.17) is 5.73 Å². The Hall–Kier alpha value is -1.07. The molecule has 0 bridgehead atoms. The second kappa shape index (κ2) is 5.51. The fraction of sp³-hybridized carbons (Fsp3) is 0.417. The van der Waals surface area contributed by atoms with Crippen molar-refractivity contribution in [1.82, 2.24) is 0 Å². The Bertz CT molecular complexity index is 417. The number of amides is 1. The molecule has 1 aromatic rings. The average Bonchev–Trinajstić information content (AvgIpc) is 2.33. The van der Waals surface area contributed by atoms with Crippen molar-refractivity contribution in [3.05, 3.63) is 22.7 Å². The first-order valence-electron chi connectivity index (χ1n) is 5.52. The van der Waals surface area contributed by atoms with E-state index in [0.717, 1.165) is 0 Å². The van der Waals surface area contributed by atoms with Crippen LogP contribution in [0.2, 0.25) is 0 Å². The molecule has 94 valence electrons. The highest BCUT2D eigenvalue weighted by atomic mass is 79.9. The molecule has 0 spiro atoms. The molecule has 0 unspecified atom stereocenters. The molecule has 4 nitrogen and oxygen atoms in total. The number of phenolic OH excluding ortho intramolecular Hbond substituents is 1. The van der Waals surface area contributed by atoms with E-state index in [1.165, 1.54) is 0 Å². The third-order valence-corrected chi connectivity index (χ3v) is 3.59. The number of benzene rings is 1. The van der Waals surface area contributed by atoms with Gasteiger partial charge in [0.25, 0.3) is 0 Å².